The van der Waals surface area contributed by atoms with Gasteiger partial charge in [-0.15, -0.1) is 5.92 Å². The number of hydrogen-bond donors (Lipinski definition) is 2. The summed E-state index contributed by atoms with van der Waals surface area (Å²) in [6.45, 7) is 4.05. The first kappa shape index (κ1) is 18.6. The third-order valence-electron chi connectivity index (χ3n) is 3.24. The summed E-state index contributed by atoms with van der Waals surface area (Å²) >= 11 is 0. The van der Waals surface area contributed by atoms with Gasteiger partial charge in [-0.3, -0.25) is 4.79 Å². The fourth-order valence-electron chi connectivity index (χ4n) is 1.95. The first-order valence-corrected chi connectivity index (χ1v) is 7.70. The summed E-state index contributed by atoms with van der Waals surface area (Å²) in [6.07, 6.45) is 2.24. The normalized spacial score (nSPS) is 11.0. The molecule has 5 heteroatoms. The second-order valence-electron chi connectivity index (χ2n) is 5.13. The summed E-state index contributed by atoms with van der Waals surface area (Å²) in [5.74, 6) is 4.96. The molecular formula is C18H23NO4. The molecule has 2 N–H and O–H groups in total. The highest BCUT2D eigenvalue weighted by Crippen LogP contribution is 2.13. The molecule has 1 rings (SSSR count). The van der Waals surface area contributed by atoms with Gasteiger partial charge in [0.25, 0.3) is 0 Å². The summed E-state index contributed by atoms with van der Waals surface area (Å²) in [5.41, 5.74) is 0.821. The van der Waals surface area contributed by atoms with E-state index in [0.29, 0.717) is 18.8 Å². The lowest BCUT2D eigenvalue weighted by molar-refractivity contribution is -0.141. The first-order valence-electron chi connectivity index (χ1n) is 7.70. The van der Waals surface area contributed by atoms with Crippen LogP contribution in [0.15, 0.2) is 24.3 Å². The van der Waals surface area contributed by atoms with E-state index < -0.39 is 12.0 Å². The maximum absolute atomic E-state index is 11.7. The van der Waals surface area contributed by atoms with E-state index >= 15 is 0 Å². The van der Waals surface area contributed by atoms with Crippen LogP contribution in [0.2, 0.25) is 0 Å². The van der Waals surface area contributed by atoms with E-state index in [9.17, 15) is 14.7 Å². The molecule has 1 aromatic carbocycles. The Bertz CT molecular complexity index is 569. The number of nitrogens with one attached hydrogen (secondary N) is 1. The van der Waals surface area contributed by atoms with Gasteiger partial charge in [0.15, 0.2) is 0 Å². The van der Waals surface area contributed by atoms with Gasteiger partial charge < -0.3 is 15.2 Å². The minimum atomic E-state index is -1.03. The number of carbonyl (C=O) groups is 2. The van der Waals surface area contributed by atoms with Crippen molar-refractivity contribution < 1.29 is 19.4 Å². The zero-order valence-electron chi connectivity index (χ0n) is 13.6. The maximum atomic E-state index is 11.7. The Labute approximate surface area is 137 Å². The van der Waals surface area contributed by atoms with E-state index in [1.807, 2.05) is 6.92 Å². The third-order valence-corrected chi connectivity index (χ3v) is 3.24. The van der Waals surface area contributed by atoms with Gasteiger partial charge in [-0.25, -0.2) is 4.79 Å². The second-order valence-corrected chi connectivity index (χ2v) is 5.13. The lowest BCUT2D eigenvalue weighted by atomic mass is 10.1. The Hall–Kier alpha value is -2.48. The molecular weight excluding hydrogens is 294 g/mol. The van der Waals surface area contributed by atoms with Crippen LogP contribution in [-0.2, 0) is 16.0 Å². The van der Waals surface area contributed by atoms with Crippen molar-refractivity contribution in [1.82, 2.24) is 5.32 Å². The third kappa shape index (κ3) is 7.37. The molecule has 0 aromatic heterocycles. The summed E-state index contributed by atoms with van der Waals surface area (Å²) in [7, 11) is 0. The molecule has 0 aliphatic carbocycles. The SMILES string of the molecule is CC#CCOc1ccc(C[C@H](NC(=O)CCCC)C(=O)O)cc1. The lowest BCUT2D eigenvalue weighted by Crippen LogP contribution is -2.42. The van der Waals surface area contributed by atoms with Crippen LogP contribution in [0, 0.1) is 11.8 Å². The van der Waals surface area contributed by atoms with Gasteiger partial charge in [0.05, 0.1) is 0 Å². The minimum Gasteiger partial charge on any atom is -0.481 e. The minimum absolute atomic E-state index is 0.225. The standard InChI is InChI=1S/C18H23NO4/c1-3-5-7-17(20)19-16(18(21)22)13-14-8-10-15(11-9-14)23-12-6-4-2/h8-11,16H,3,5,7,12-13H2,1-2H3,(H,19,20)(H,21,22)/t16-/m0/s1. The molecule has 0 aliphatic heterocycles. The molecule has 1 amide bonds. The highest BCUT2D eigenvalue weighted by atomic mass is 16.5. The predicted molar refractivity (Wildman–Crippen MR) is 88.2 cm³/mol. The highest BCUT2D eigenvalue weighted by molar-refractivity contribution is 5.83. The van der Waals surface area contributed by atoms with Crippen LogP contribution in [0.4, 0.5) is 0 Å². The van der Waals surface area contributed by atoms with Crippen molar-refractivity contribution >= 4 is 11.9 Å². The van der Waals surface area contributed by atoms with Gasteiger partial charge in [-0.1, -0.05) is 31.4 Å². The largest absolute Gasteiger partial charge is 0.481 e. The van der Waals surface area contributed by atoms with Crippen molar-refractivity contribution in [3.8, 4) is 17.6 Å². The van der Waals surface area contributed by atoms with E-state index in [0.717, 1.165) is 18.4 Å². The molecule has 0 spiro atoms. The first-order chi connectivity index (χ1) is 11.1. The monoisotopic (exact) mass is 317 g/mol. The molecule has 0 fully saturated rings. The summed E-state index contributed by atoms with van der Waals surface area (Å²) < 4.78 is 5.40. The smallest absolute Gasteiger partial charge is 0.326 e. The zero-order valence-corrected chi connectivity index (χ0v) is 13.6. The molecule has 124 valence electrons. The van der Waals surface area contributed by atoms with Gasteiger partial charge in [-0.2, -0.15) is 0 Å². The van der Waals surface area contributed by atoms with Gasteiger partial charge in [0.1, 0.15) is 18.4 Å². The van der Waals surface area contributed by atoms with E-state index in [-0.39, 0.29) is 12.3 Å². The van der Waals surface area contributed by atoms with Crippen LogP contribution in [0.5, 0.6) is 5.75 Å². The fraction of sp³-hybridized carbons (Fsp3) is 0.444. The Balaban J connectivity index is 2.60. The van der Waals surface area contributed by atoms with Crippen LogP contribution in [0.25, 0.3) is 0 Å². The van der Waals surface area contributed by atoms with E-state index in [1.165, 1.54) is 0 Å². The van der Waals surface area contributed by atoms with Crippen LogP contribution >= 0.6 is 0 Å². The number of rotatable bonds is 9. The number of aliphatic carboxylic acids is 1. The van der Waals surface area contributed by atoms with E-state index in [2.05, 4.69) is 17.2 Å². The highest BCUT2D eigenvalue weighted by Gasteiger charge is 2.20. The number of hydrogen-bond acceptors (Lipinski definition) is 3. The number of ether oxygens (including phenoxy) is 1. The molecule has 0 radical (unpaired) electrons. The predicted octanol–water partition coefficient (Wildman–Crippen LogP) is 2.39. The Morgan fingerprint density at radius 3 is 2.57 bits per heavy atom. The lowest BCUT2D eigenvalue weighted by Gasteiger charge is -2.15. The van der Waals surface area contributed by atoms with Crippen LogP contribution in [0.1, 0.15) is 38.7 Å². The molecule has 23 heavy (non-hydrogen) atoms. The molecule has 0 saturated carbocycles. The number of carboxylic acid groups (broad SMARTS) is 1. The molecule has 0 unspecified atom stereocenters. The Morgan fingerprint density at radius 1 is 1.30 bits per heavy atom. The summed E-state index contributed by atoms with van der Waals surface area (Å²) in [4.78, 5) is 23.0. The topological polar surface area (TPSA) is 75.6 Å². The number of amides is 1. The van der Waals surface area contributed by atoms with Crippen LogP contribution in [-0.4, -0.2) is 29.6 Å². The molecule has 0 saturated heterocycles. The Morgan fingerprint density at radius 2 is 2.00 bits per heavy atom. The van der Waals surface area contributed by atoms with Crippen molar-refractivity contribution in [2.45, 2.75) is 45.6 Å². The van der Waals surface area contributed by atoms with Crippen molar-refractivity contribution in [2.24, 2.45) is 0 Å². The molecule has 0 heterocycles. The molecule has 0 aliphatic rings. The van der Waals surface area contributed by atoms with Gasteiger partial charge in [0.2, 0.25) is 5.91 Å². The van der Waals surface area contributed by atoms with Gasteiger partial charge >= 0.3 is 5.97 Å². The van der Waals surface area contributed by atoms with Crippen LogP contribution < -0.4 is 10.1 Å². The van der Waals surface area contributed by atoms with Crippen molar-refractivity contribution in [2.75, 3.05) is 6.61 Å². The number of benzene rings is 1. The van der Waals surface area contributed by atoms with Crippen LogP contribution in [0.3, 0.4) is 0 Å². The zero-order chi connectivity index (χ0) is 17.1. The number of carboxylic acids is 1. The van der Waals surface area contributed by atoms with Gasteiger partial charge in [-0.05, 0) is 31.0 Å². The summed E-state index contributed by atoms with van der Waals surface area (Å²) in [5, 5.41) is 11.8. The van der Waals surface area contributed by atoms with Crippen molar-refractivity contribution in [1.29, 1.82) is 0 Å². The van der Waals surface area contributed by atoms with E-state index in [1.54, 1.807) is 31.2 Å². The second kappa shape index (κ2) is 10.3. The fourth-order valence-corrected chi connectivity index (χ4v) is 1.95. The summed E-state index contributed by atoms with van der Waals surface area (Å²) in [6, 6.07) is 6.21. The van der Waals surface area contributed by atoms with Crippen molar-refractivity contribution in [3.05, 3.63) is 29.8 Å². The maximum Gasteiger partial charge on any atom is 0.326 e. The number of carbonyl (C=O) groups excluding carboxylic acids is 1. The molecule has 0 bridgehead atoms. The number of unbranched alkanes of at least 4 members (excludes halogenated alkanes) is 1. The van der Waals surface area contributed by atoms with Crippen molar-refractivity contribution in [3.63, 3.8) is 0 Å². The average molecular weight is 317 g/mol. The molecule has 1 aromatic rings. The Kier molecular flexibility index (Phi) is 8.30. The molecule has 1 atom stereocenters. The molecule has 5 nitrogen and oxygen atoms in total. The average Bonchev–Trinajstić information content (AvgIpc) is 2.54. The quantitative estimate of drug-likeness (QED) is 0.686. The van der Waals surface area contributed by atoms with E-state index in [4.69, 9.17) is 4.74 Å². The van der Waals surface area contributed by atoms with Gasteiger partial charge in [0, 0.05) is 12.8 Å².